The predicted molar refractivity (Wildman–Crippen MR) is 255 cm³/mol. The highest BCUT2D eigenvalue weighted by molar-refractivity contribution is 7.89. The predicted octanol–water partition coefficient (Wildman–Crippen LogP) is 2.93. The minimum Gasteiger partial charge on any atom is -0.508 e. The fourth-order valence-electron chi connectivity index (χ4n) is 7.17. The number of nitrogens with one attached hydrogen (secondary N) is 6. The summed E-state index contributed by atoms with van der Waals surface area (Å²) >= 11 is 0. The molecule has 0 saturated heterocycles. The largest absolute Gasteiger partial charge is 0.508 e. The van der Waals surface area contributed by atoms with Gasteiger partial charge in [0.1, 0.15) is 23.9 Å². The number of carbonyl (C=O) groups is 6. The Labute approximate surface area is 388 Å². The summed E-state index contributed by atoms with van der Waals surface area (Å²) in [6.45, 7) is 3.79. The fourth-order valence-corrected chi connectivity index (χ4v) is 8.25. The maximum Gasteiger partial charge on any atom is 0.243 e. The summed E-state index contributed by atoms with van der Waals surface area (Å²) in [6, 6.07) is 2.00. The Morgan fingerprint density at radius 3 is 1.62 bits per heavy atom. The van der Waals surface area contributed by atoms with Crippen molar-refractivity contribution in [2.24, 2.45) is 17.2 Å². The van der Waals surface area contributed by atoms with Crippen molar-refractivity contribution < 1.29 is 42.3 Å². The summed E-state index contributed by atoms with van der Waals surface area (Å²) < 4.78 is 27.4. The van der Waals surface area contributed by atoms with Crippen molar-refractivity contribution >= 4 is 45.5 Å². The first-order valence-electron chi connectivity index (χ1n) is 24.0. The topological polar surface area (TPSA) is 307 Å². The second-order valence-corrected chi connectivity index (χ2v) is 19.0. The number of nitrogens with two attached hydrogens (primary N) is 3. The maximum atomic E-state index is 13.9. The van der Waals surface area contributed by atoms with Gasteiger partial charge in [0.2, 0.25) is 45.5 Å². The zero-order chi connectivity index (χ0) is 48.3. The van der Waals surface area contributed by atoms with Crippen LogP contribution in [0.25, 0.3) is 0 Å². The van der Waals surface area contributed by atoms with Crippen molar-refractivity contribution in [1.82, 2.24) is 31.3 Å². The number of rotatable bonds is 40. The van der Waals surface area contributed by atoms with E-state index < -0.39 is 76.7 Å². The van der Waals surface area contributed by atoms with E-state index in [0.29, 0.717) is 44.3 Å². The van der Waals surface area contributed by atoms with Gasteiger partial charge in [0.15, 0.2) is 0 Å². The number of unbranched alkanes of at least 4 members (excludes halogenated alkanes) is 15. The normalized spacial score (nSPS) is 13.2. The lowest BCUT2D eigenvalue weighted by Gasteiger charge is -2.26. The van der Waals surface area contributed by atoms with Gasteiger partial charge in [-0.25, -0.2) is 13.1 Å². The van der Waals surface area contributed by atoms with E-state index in [1.165, 1.54) is 82.1 Å². The molecule has 18 nitrogen and oxygen atoms in total. The second kappa shape index (κ2) is 35.9. The van der Waals surface area contributed by atoms with Crippen LogP contribution in [-0.2, 0) is 45.2 Å². The molecule has 0 unspecified atom stereocenters. The molecule has 4 atom stereocenters. The van der Waals surface area contributed by atoms with Gasteiger partial charge in [-0.3, -0.25) is 28.8 Å². The third kappa shape index (κ3) is 30.5. The average Bonchev–Trinajstić information content (AvgIpc) is 3.26. The number of phenolic OH excluding ortho intramolecular Hbond substituents is 1. The van der Waals surface area contributed by atoms with Crippen molar-refractivity contribution in [2.45, 2.75) is 186 Å². The molecule has 0 aliphatic carbocycles. The Bertz CT molecular complexity index is 1630. The van der Waals surface area contributed by atoms with Gasteiger partial charge in [-0.05, 0) is 82.7 Å². The van der Waals surface area contributed by atoms with Crippen molar-refractivity contribution in [3.05, 3.63) is 29.8 Å². The lowest BCUT2D eigenvalue weighted by Crippen LogP contribution is -2.58. The summed E-state index contributed by atoms with van der Waals surface area (Å²) in [5.74, 6) is -4.44. The molecule has 0 aliphatic heterocycles. The van der Waals surface area contributed by atoms with Crippen LogP contribution in [0.1, 0.15) is 161 Å². The van der Waals surface area contributed by atoms with E-state index in [4.69, 9.17) is 17.2 Å². The zero-order valence-electron chi connectivity index (χ0n) is 39.3. The molecule has 0 aromatic heterocycles. The Hall–Kier alpha value is -4.33. The van der Waals surface area contributed by atoms with Crippen molar-refractivity contribution in [3.63, 3.8) is 0 Å². The number of amides is 6. The highest BCUT2D eigenvalue weighted by atomic mass is 32.2. The van der Waals surface area contributed by atoms with Gasteiger partial charge in [0.25, 0.3) is 0 Å². The fraction of sp³-hybridized carbons (Fsp3) is 0.739. The molecule has 0 heterocycles. The van der Waals surface area contributed by atoms with Crippen LogP contribution >= 0.6 is 0 Å². The minimum absolute atomic E-state index is 0.0325. The molecule has 0 fully saturated rings. The first-order valence-corrected chi connectivity index (χ1v) is 25.7. The molecule has 13 N–H and O–H groups in total. The SMILES string of the molecule is CCCCCCCCCCCCCCCCS(=O)(=O)NCC(=O)NCC(=O)N[C@@H](Cc1ccc(O)cc1)C(=O)N[C@@H](CCC(N)=O)C(=O)N[C@@H](CCCCN)C(=O)N[C@H](C)CCCCN. The highest BCUT2D eigenvalue weighted by Crippen LogP contribution is 2.15. The minimum atomic E-state index is -3.73. The molecule has 19 heteroatoms. The van der Waals surface area contributed by atoms with E-state index in [1.54, 1.807) is 0 Å². The smallest absolute Gasteiger partial charge is 0.243 e. The first kappa shape index (κ1) is 58.7. The molecule has 1 aromatic carbocycles. The van der Waals surface area contributed by atoms with Crippen LogP contribution in [0.3, 0.4) is 0 Å². The number of benzene rings is 1. The number of phenols is 1. The second-order valence-electron chi connectivity index (χ2n) is 17.1. The molecular weight excluding hydrogens is 855 g/mol. The van der Waals surface area contributed by atoms with E-state index in [-0.39, 0.29) is 43.2 Å². The van der Waals surface area contributed by atoms with Gasteiger partial charge < -0.3 is 48.9 Å². The summed E-state index contributed by atoms with van der Waals surface area (Å²) in [6.07, 6.45) is 19.0. The Morgan fingerprint density at radius 2 is 1.08 bits per heavy atom. The van der Waals surface area contributed by atoms with Crippen molar-refractivity contribution in [2.75, 3.05) is 31.9 Å². The van der Waals surface area contributed by atoms with Crippen LogP contribution in [0.4, 0.5) is 0 Å². The van der Waals surface area contributed by atoms with Crippen LogP contribution < -0.4 is 48.5 Å². The molecule has 1 rings (SSSR count). The number of hydrogen-bond donors (Lipinski definition) is 10. The van der Waals surface area contributed by atoms with Gasteiger partial charge >= 0.3 is 0 Å². The molecule has 0 bridgehead atoms. The van der Waals surface area contributed by atoms with E-state index in [1.807, 2.05) is 6.92 Å². The van der Waals surface area contributed by atoms with E-state index in [0.717, 1.165) is 38.5 Å². The molecule has 0 spiro atoms. The third-order valence-corrected chi connectivity index (χ3v) is 12.5. The van der Waals surface area contributed by atoms with Crippen LogP contribution in [-0.4, -0.2) is 105 Å². The number of carbonyl (C=O) groups excluding carboxylic acids is 6. The number of hydrogen-bond acceptors (Lipinski definition) is 11. The summed E-state index contributed by atoms with van der Waals surface area (Å²) in [7, 11) is -3.73. The van der Waals surface area contributed by atoms with Gasteiger partial charge in [-0.15, -0.1) is 0 Å². The summed E-state index contributed by atoms with van der Waals surface area (Å²) in [4.78, 5) is 78.5. The highest BCUT2D eigenvalue weighted by Gasteiger charge is 2.30. The van der Waals surface area contributed by atoms with Crippen LogP contribution in [0.15, 0.2) is 24.3 Å². The van der Waals surface area contributed by atoms with E-state index in [9.17, 15) is 42.3 Å². The van der Waals surface area contributed by atoms with Gasteiger partial charge in [0.05, 0.1) is 18.8 Å². The van der Waals surface area contributed by atoms with Crippen molar-refractivity contribution in [3.8, 4) is 5.75 Å². The van der Waals surface area contributed by atoms with Gasteiger partial charge in [-0.2, -0.15) is 0 Å². The number of sulfonamides is 1. The maximum absolute atomic E-state index is 13.9. The first-order chi connectivity index (χ1) is 31.1. The van der Waals surface area contributed by atoms with Gasteiger partial charge in [0, 0.05) is 18.9 Å². The molecule has 372 valence electrons. The molecule has 0 saturated carbocycles. The summed E-state index contributed by atoms with van der Waals surface area (Å²) in [5, 5.41) is 22.9. The lowest BCUT2D eigenvalue weighted by molar-refractivity contribution is -0.134. The number of primary amides is 1. The Kier molecular flexibility index (Phi) is 32.4. The molecule has 0 radical (unpaired) electrons. The van der Waals surface area contributed by atoms with Crippen molar-refractivity contribution in [1.29, 1.82) is 0 Å². The molecule has 0 aliphatic rings. The van der Waals surface area contributed by atoms with Gasteiger partial charge in [-0.1, -0.05) is 109 Å². The summed E-state index contributed by atoms with van der Waals surface area (Å²) in [5.41, 5.74) is 17.2. The van der Waals surface area contributed by atoms with E-state index >= 15 is 0 Å². The number of aromatic hydroxyl groups is 1. The molecular formula is C46H83N9O9S. The quantitative estimate of drug-likeness (QED) is 0.0427. The standard InChI is InChI=1S/C46H83N9O9S/c1-3-4-5-6-7-8-9-10-11-12-13-14-15-20-31-65(63,64)51-34-42(58)50-33-43(59)53-40(32-36-23-25-37(56)26-24-36)46(62)55-39(27-28-41(49)57)45(61)54-38(22-17-19-30-48)44(60)52-35(2)21-16-18-29-47/h23-26,35,38-40,51,56H,3-22,27-34,47-48H2,1-2H3,(H2,49,57)(H,50,58)(H,52,60)(H,53,59)(H,54,61)(H,55,62)/t35-,38+,39+,40+/m1/s1. The van der Waals surface area contributed by atoms with E-state index in [2.05, 4.69) is 38.2 Å². The average molecular weight is 938 g/mol. The van der Waals surface area contributed by atoms with Crippen LogP contribution in [0.2, 0.25) is 0 Å². The van der Waals surface area contributed by atoms with Crippen LogP contribution in [0, 0.1) is 0 Å². The molecule has 1 aromatic rings. The molecule has 6 amide bonds. The molecule has 65 heavy (non-hydrogen) atoms. The van der Waals surface area contributed by atoms with Crippen LogP contribution in [0.5, 0.6) is 5.75 Å². The lowest BCUT2D eigenvalue weighted by atomic mass is 10.0. The Morgan fingerprint density at radius 1 is 0.585 bits per heavy atom. The zero-order valence-corrected chi connectivity index (χ0v) is 40.1. The monoisotopic (exact) mass is 938 g/mol. The third-order valence-electron chi connectivity index (χ3n) is 11.1. The Balaban J connectivity index is 2.82.